The van der Waals surface area contributed by atoms with E-state index in [4.69, 9.17) is 31.5 Å². The predicted octanol–water partition coefficient (Wildman–Crippen LogP) is 7.79. The van der Waals surface area contributed by atoms with E-state index in [0.717, 1.165) is 31.4 Å². The van der Waals surface area contributed by atoms with E-state index in [1.807, 2.05) is 0 Å². The van der Waals surface area contributed by atoms with Gasteiger partial charge in [0.05, 0.1) is 48.9 Å². The minimum Gasteiger partial charge on any atom is -0.494 e. The van der Waals surface area contributed by atoms with Gasteiger partial charge >= 0.3 is 18.3 Å². The number of aliphatic carboxylic acids is 1. The first kappa shape index (κ1) is 39.1. The van der Waals surface area contributed by atoms with Gasteiger partial charge in [-0.05, 0) is 78.1 Å². The third kappa shape index (κ3) is 10.7. The Kier molecular flexibility index (Phi) is 12.9. The van der Waals surface area contributed by atoms with Crippen molar-refractivity contribution in [3.05, 3.63) is 87.8 Å². The van der Waals surface area contributed by atoms with Crippen LogP contribution in [0.15, 0.2) is 65.6 Å². The molecule has 0 aliphatic carbocycles. The highest BCUT2D eigenvalue weighted by Crippen LogP contribution is 2.40. The lowest BCUT2D eigenvalue weighted by Gasteiger charge is -2.26. The summed E-state index contributed by atoms with van der Waals surface area (Å²) in [4.78, 5) is 28.3. The van der Waals surface area contributed by atoms with Crippen molar-refractivity contribution in [3.8, 4) is 22.6 Å². The normalized spacial score (nSPS) is 16.5. The van der Waals surface area contributed by atoms with Gasteiger partial charge in [0.1, 0.15) is 15.8 Å². The second kappa shape index (κ2) is 17.1. The molecule has 2 aliphatic heterocycles. The monoisotopic (exact) mass is 768 g/mol. The van der Waals surface area contributed by atoms with E-state index in [-0.39, 0.29) is 63.9 Å². The summed E-state index contributed by atoms with van der Waals surface area (Å²) in [5.74, 6) is -0.636. The molecule has 3 aromatic carbocycles. The first-order valence-corrected chi connectivity index (χ1v) is 17.5. The number of thioether (sulfide) groups is 1. The number of rotatable bonds is 14. The van der Waals surface area contributed by atoms with Crippen molar-refractivity contribution < 1.29 is 55.2 Å². The van der Waals surface area contributed by atoms with Gasteiger partial charge in [-0.2, -0.15) is 26.3 Å². The second-order valence-corrected chi connectivity index (χ2v) is 13.6. The van der Waals surface area contributed by atoms with Crippen molar-refractivity contribution in [2.45, 2.75) is 31.6 Å². The molecule has 0 aromatic heterocycles. The minimum atomic E-state index is -5.02. The molecular formula is C36H34F6N2O6S2. The molecule has 2 fully saturated rings. The van der Waals surface area contributed by atoms with E-state index < -0.39 is 35.4 Å². The number of carboxylic acids is 1. The molecule has 5 rings (SSSR count). The summed E-state index contributed by atoms with van der Waals surface area (Å²) in [5.41, 5.74) is -2.29. The number of morpholine rings is 1. The standard InChI is InChI=1S/C36H34F6N2O6S2/c37-35(38,39)27-19-25(20-28(22-27)36(40,41)42)24-6-7-30(50-13-2-8-43-10-14-48-15-11-43)26(18-24)21-31-33(47)44(34(51)52-31)9-3-12-49-29-5-1-4-23(16-29)17-32(45)46/h1,4-7,16,18-22H,2-3,8-15,17H2,(H,45,46). The lowest BCUT2D eigenvalue weighted by atomic mass is 9.97. The molecule has 0 saturated carbocycles. The number of carbonyl (C=O) groups excluding carboxylic acids is 1. The lowest BCUT2D eigenvalue weighted by Crippen LogP contribution is -2.37. The number of benzene rings is 3. The molecule has 1 N–H and O–H groups in total. The van der Waals surface area contributed by atoms with Gasteiger partial charge in [-0.25, -0.2) is 0 Å². The van der Waals surface area contributed by atoms with Crippen LogP contribution in [0, 0.1) is 0 Å². The third-order valence-electron chi connectivity index (χ3n) is 8.12. The Morgan fingerprint density at radius 3 is 2.23 bits per heavy atom. The fourth-order valence-electron chi connectivity index (χ4n) is 5.56. The highest BCUT2D eigenvalue weighted by molar-refractivity contribution is 8.26. The van der Waals surface area contributed by atoms with Crippen LogP contribution in [-0.2, 0) is 33.1 Å². The highest BCUT2D eigenvalue weighted by Gasteiger charge is 2.37. The Bertz CT molecular complexity index is 1780. The molecule has 0 radical (unpaired) electrons. The summed E-state index contributed by atoms with van der Waals surface area (Å²) in [6.45, 7) is 4.23. The number of alkyl halides is 6. The molecule has 0 spiro atoms. The summed E-state index contributed by atoms with van der Waals surface area (Å²) < 4.78 is 99.3. The fraction of sp³-hybridized carbons (Fsp3) is 0.361. The van der Waals surface area contributed by atoms with Crippen LogP contribution in [-0.4, -0.2) is 83.7 Å². The van der Waals surface area contributed by atoms with Gasteiger partial charge in [0.2, 0.25) is 0 Å². The van der Waals surface area contributed by atoms with Gasteiger partial charge in [0, 0.05) is 31.7 Å². The summed E-state index contributed by atoms with van der Waals surface area (Å²) in [5, 5.41) is 9.02. The van der Waals surface area contributed by atoms with Crippen molar-refractivity contribution in [2.24, 2.45) is 0 Å². The molecule has 3 aromatic rings. The van der Waals surface area contributed by atoms with Crippen LogP contribution in [0.3, 0.4) is 0 Å². The molecule has 8 nitrogen and oxygen atoms in total. The minimum absolute atomic E-state index is 0.0589. The van der Waals surface area contributed by atoms with E-state index in [9.17, 15) is 35.9 Å². The lowest BCUT2D eigenvalue weighted by molar-refractivity contribution is -0.143. The summed E-state index contributed by atoms with van der Waals surface area (Å²) in [6.07, 6.45) is -7.70. The molecule has 2 aliphatic rings. The van der Waals surface area contributed by atoms with E-state index in [0.29, 0.717) is 49.5 Å². The zero-order valence-electron chi connectivity index (χ0n) is 27.6. The average molecular weight is 769 g/mol. The van der Waals surface area contributed by atoms with E-state index in [1.165, 1.54) is 29.2 Å². The van der Waals surface area contributed by atoms with Gasteiger partial charge < -0.3 is 19.3 Å². The number of nitrogens with zero attached hydrogens (tertiary/aromatic N) is 2. The van der Waals surface area contributed by atoms with E-state index in [2.05, 4.69) is 4.90 Å². The fourth-order valence-corrected chi connectivity index (χ4v) is 6.85. The van der Waals surface area contributed by atoms with E-state index >= 15 is 0 Å². The molecule has 0 atom stereocenters. The smallest absolute Gasteiger partial charge is 0.416 e. The topological polar surface area (TPSA) is 88.5 Å². The van der Waals surface area contributed by atoms with Gasteiger partial charge in [-0.3, -0.25) is 19.4 Å². The van der Waals surface area contributed by atoms with Crippen molar-refractivity contribution in [1.29, 1.82) is 0 Å². The first-order chi connectivity index (χ1) is 24.7. The maximum Gasteiger partial charge on any atom is 0.416 e. The number of amides is 1. The molecule has 52 heavy (non-hydrogen) atoms. The van der Waals surface area contributed by atoms with Crippen molar-refractivity contribution in [1.82, 2.24) is 9.80 Å². The molecular weight excluding hydrogens is 735 g/mol. The maximum absolute atomic E-state index is 13.7. The third-order valence-corrected chi connectivity index (χ3v) is 9.50. The quantitative estimate of drug-likeness (QED) is 0.0765. The molecule has 2 saturated heterocycles. The van der Waals surface area contributed by atoms with Crippen LogP contribution in [0.5, 0.6) is 11.5 Å². The molecule has 278 valence electrons. The Morgan fingerprint density at radius 1 is 0.885 bits per heavy atom. The van der Waals surface area contributed by atoms with Crippen molar-refractivity contribution in [3.63, 3.8) is 0 Å². The van der Waals surface area contributed by atoms with Gasteiger partial charge in [0.25, 0.3) is 5.91 Å². The number of carbonyl (C=O) groups is 2. The summed E-state index contributed by atoms with van der Waals surface area (Å²) in [6, 6.07) is 12.3. The Labute approximate surface area is 305 Å². The maximum atomic E-state index is 13.7. The van der Waals surface area contributed by atoms with Crippen molar-refractivity contribution >= 4 is 46.3 Å². The van der Waals surface area contributed by atoms with Crippen molar-refractivity contribution in [2.75, 3.05) is 52.6 Å². The average Bonchev–Trinajstić information content (AvgIpc) is 3.35. The Balaban J connectivity index is 1.35. The zero-order chi connectivity index (χ0) is 37.5. The molecule has 1 amide bonds. The van der Waals surface area contributed by atoms with Crippen LogP contribution in [0.1, 0.15) is 35.1 Å². The van der Waals surface area contributed by atoms with Gasteiger partial charge in [-0.1, -0.05) is 42.2 Å². The second-order valence-electron chi connectivity index (χ2n) is 12.0. The number of hydrogen-bond acceptors (Lipinski definition) is 8. The number of ether oxygens (including phenoxy) is 3. The largest absolute Gasteiger partial charge is 0.494 e. The summed E-state index contributed by atoms with van der Waals surface area (Å²) in [7, 11) is 0. The predicted molar refractivity (Wildman–Crippen MR) is 187 cm³/mol. The van der Waals surface area contributed by atoms with Gasteiger partial charge in [-0.15, -0.1) is 0 Å². The molecule has 16 heteroatoms. The van der Waals surface area contributed by atoms with Crippen LogP contribution < -0.4 is 9.47 Å². The zero-order valence-corrected chi connectivity index (χ0v) is 29.2. The number of carboxylic acid groups (broad SMARTS) is 1. The van der Waals surface area contributed by atoms with Crippen LogP contribution in [0.25, 0.3) is 17.2 Å². The first-order valence-electron chi connectivity index (χ1n) is 16.2. The Morgan fingerprint density at radius 2 is 1.56 bits per heavy atom. The number of hydrogen-bond donors (Lipinski definition) is 1. The Hall–Kier alpha value is -4.12. The molecule has 0 unspecified atom stereocenters. The van der Waals surface area contributed by atoms with Crippen LogP contribution in [0.4, 0.5) is 26.3 Å². The molecule has 2 heterocycles. The van der Waals surface area contributed by atoms with Crippen LogP contribution >= 0.6 is 24.0 Å². The van der Waals surface area contributed by atoms with E-state index in [1.54, 1.807) is 24.3 Å². The van der Waals surface area contributed by atoms with Gasteiger partial charge in [0.15, 0.2) is 0 Å². The number of thiocarbonyl (C=S) groups is 1. The molecule has 0 bridgehead atoms. The number of halogens is 6. The SMILES string of the molecule is O=C(O)Cc1cccc(OCCCN2C(=O)C(=Cc3cc(-c4cc(C(F)(F)F)cc(C(F)(F)F)c4)ccc3OCCCN3CCOCC3)SC2=S)c1. The summed E-state index contributed by atoms with van der Waals surface area (Å²) >= 11 is 6.47. The van der Waals surface area contributed by atoms with Crippen LogP contribution in [0.2, 0.25) is 0 Å². The highest BCUT2D eigenvalue weighted by atomic mass is 32.2.